The monoisotopic (exact) mass is 395 g/mol. The Balaban J connectivity index is 1.58. The van der Waals surface area contributed by atoms with Crippen LogP contribution >= 0.6 is 11.8 Å². The first-order valence-corrected chi connectivity index (χ1v) is 10.4. The first-order valence-electron chi connectivity index (χ1n) is 9.24. The van der Waals surface area contributed by atoms with E-state index in [1.54, 1.807) is 25.1 Å². The van der Waals surface area contributed by atoms with Crippen LogP contribution < -0.4 is 10.2 Å². The molecule has 1 aliphatic rings. The quantitative estimate of drug-likeness (QED) is 0.674. The molecule has 4 rings (SSSR count). The molecule has 1 fully saturated rings. The fraction of sp³-hybridized carbons (Fsp3) is 0.273. The van der Waals surface area contributed by atoms with Gasteiger partial charge in [0.15, 0.2) is 6.61 Å². The number of hydrogen-bond donors (Lipinski definition) is 0. The zero-order valence-electron chi connectivity index (χ0n) is 15.6. The second-order valence-corrected chi connectivity index (χ2v) is 7.89. The lowest BCUT2D eigenvalue weighted by Gasteiger charge is -2.26. The number of benzene rings is 2. The van der Waals surface area contributed by atoms with Gasteiger partial charge in [-0.05, 0) is 24.6 Å². The van der Waals surface area contributed by atoms with Crippen molar-refractivity contribution in [3.8, 4) is 16.9 Å². The number of fused-ring (bicyclic) bond motifs is 1. The summed E-state index contributed by atoms with van der Waals surface area (Å²) < 4.78 is 11.6. The summed E-state index contributed by atoms with van der Waals surface area (Å²) in [5.41, 5.74) is 1.79. The molecule has 28 heavy (non-hydrogen) atoms. The summed E-state index contributed by atoms with van der Waals surface area (Å²) in [6.45, 7) is 3.30. The van der Waals surface area contributed by atoms with Gasteiger partial charge in [-0.25, -0.2) is 0 Å². The molecule has 5 nitrogen and oxygen atoms in total. The predicted octanol–water partition coefficient (Wildman–Crippen LogP) is 3.72. The lowest BCUT2D eigenvalue weighted by Crippen LogP contribution is -2.40. The van der Waals surface area contributed by atoms with Crippen LogP contribution in [0.4, 0.5) is 0 Å². The van der Waals surface area contributed by atoms with Crippen LogP contribution in [-0.4, -0.2) is 42.0 Å². The second-order valence-electron chi connectivity index (χ2n) is 6.67. The van der Waals surface area contributed by atoms with Gasteiger partial charge in [0.05, 0.1) is 10.9 Å². The molecule has 1 saturated heterocycles. The summed E-state index contributed by atoms with van der Waals surface area (Å²) in [7, 11) is 0. The molecule has 3 aromatic rings. The van der Waals surface area contributed by atoms with Crippen molar-refractivity contribution in [1.29, 1.82) is 0 Å². The molecule has 0 bridgehead atoms. The third-order valence-corrected chi connectivity index (χ3v) is 5.77. The van der Waals surface area contributed by atoms with E-state index in [1.807, 2.05) is 47.0 Å². The van der Waals surface area contributed by atoms with E-state index in [0.717, 1.165) is 30.2 Å². The summed E-state index contributed by atoms with van der Waals surface area (Å²) in [6.07, 6.45) is 0. The molecule has 0 atom stereocenters. The highest BCUT2D eigenvalue weighted by molar-refractivity contribution is 7.99. The number of amides is 1. The zero-order chi connectivity index (χ0) is 19.5. The Morgan fingerprint density at radius 3 is 2.64 bits per heavy atom. The molecule has 0 N–H and O–H groups in total. The number of rotatable bonds is 4. The molecule has 1 aliphatic heterocycles. The van der Waals surface area contributed by atoms with E-state index < -0.39 is 0 Å². The minimum Gasteiger partial charge on any atom is -0.484 e. The van der Waals surface area contributed by atoms with E-state index in [0.29, 0.717) is 28.0 Å². The average Bonchev–Trinajstić information content (AvgIpc) is 2.73. The van der Waals surface area contributed by atoms with Crippen molar-refractivity contribution in [3.63, 3.8) is 0 Å². The standard InChI is InChI=1S/C22H21NO4S/c1-15-21(16-5-3-2-4-6-16)22(25)18-8-7-17(13-19(18)27-15)26-14-20(24)23-9-11-28-12-10-23/h2-8,13H,9-12,14H2,1H3. The Hall–Kier alpha value is -2.73. The summed E-state index contributed by atoms with van der Waals surface area (Å²) in [5, 5.41) is 0.496. The highest BCUT2D eigenvalue weighted by Gasteiger charge is 2.18. The topological polar surface area (TPSA) is 59.8 Å². The maximum atomic E-state index is 13.0. The van der Waals surface area contributed by atoms with E-state index in [9.17, 15) is 9.59 Å². The Kier molecular flexibility index (Phi) is 5.39. The van der Waals surface area contributed by atoms with Crippen molar-refractivity contribution in [2.75, 3.05) is 31.2 Å². The highest BCUT2D eigenvalue weighted by atomic mass is 32.2. The van der Waals surface area contributed by atoms with E-state index in [-0.39, 0.29) is 17.9 Å². The van der Waals surface area contributed by atoms with E-state index in [2.05, 4.69) is 0 Å². The van der Waals surface area contributed by atoms with Crippen LogP contribution in [0.25, 0.3) is 22.1 Å². The van der Waals surface area contributed by atoms with Gasteiger partial charge in [-0.2, -0.15) is 11.8 Å². The zero-order valence-corrected chi connectivity index (χ0v) is 16.5. The van der Waals surface area contributed by atoms with Crippen LogP contribution in [0.2, 0.25) is 0 Å². The molecular weight excluding hydrogens is 374 g/mol. The average molecular weight is 395 g/mol. The van der Waals surface area contributed by atoms with Gasteiger partial charge in [0.2, 0.25) is 5.43 Å². The van der Waals surface area contributed by atoms with E-state index in [4.69, 9.17) is 9.15 Å². The Morgan fingerprint density at radius 2 is 1.89 bits per heavy atom. The van der Waals surface area contributed by atoms with Crippen molar-refractivity contribution in [3.05, 3.63) is 64.5 Å². The van der Waals surface area contributed by atoms with Gasteiger partial charge >= 0.3 is 0 Å². The second kappa shape index (κ2) is 8.10. The molecule has 0 saturated carbocycles. The van der Waals surface area contributed by atoms with Gasteiger partial charge in [0, 0.05) is 30.7 Å². The van der Waals surface area contributed by atoms with Crippen LogP contribution in [0.3, 0.4) is 0 Å². The molecule has 0 unspecified atom stereocenters. The fourth-order valence-corrected chi connectivity index (χ4v) is 4.27. The normalized spacial score (nSPS) is 14.2. The number of thioether (sulfide) groups is 1. The molecule has 1 amide bonds. The fourth-order valence-electron chi connectivity index (χ4n) is 3.36. The summed E-state index contributed by atoms with van der Waals surface area (Å²) in [5.74, 6) is 2.99. The van der Waals surface area contributed by atoms with Crippen LogP contribution in [0, 0.1) is 6.92 Å². The van der Waals surface area contributed by atoms with Gasteiger partial charge in [0.1, 0.15) is 17.1 Å². The Morgan fingerprint density at radius 1 is 1.14 bits per heavy atom. The molecule has 0 radical (unpaired) electrons. The molecule has 0 spiro atoms. The Bertz CT molecular complexity index is 1060. The third-order valence-electron chi connectivity index (χ3n) is 4.83. The lowest BCUT2D eigenvalue weighted by molar-refractivity contribution is -0.132. The molecule has 0 aliphatic carbocycles. The van der Waals surface area contributed by atoms with Crippen LogP contribution in [0.5, 0.6) is 5.75 Å². The SMILES string of the molecule is Cc1oc2cc(OCC(=O)N3CCSCC3)ccc2c(=O)c1-c1ccccc1. The first kappa shape index (κ1) is 18.6. The van der Waals surface area contributed by atoms with Gasteiger partial charge in [-0.3, -0.25) is 9.59 Å². The van der Waals surface area contributed by atoms with Crippen molar-refractivity contribution in [2.24, 2.45) is 0 Å². The lowest BCUT2D eigenvalue weighted by atomic mass is 10.0. The van der Waals surface area contributed by atoms with Crippen molar-refractivity contribution in [1.82, 2.24) is 4.90 Å². The van der Waals surface area contributed by atoms with Crippen molar-refractivity contribution >= 4 is 28.6 Å². The molecular formula is C22H21NO4S. The molecule has 1 aromatic heterocycles. The number of nitrogens with zero attached hydrogens (tertiary/aromatic N) is 1. The van der Waals surface area contributed by atoms with Crippen molar-refractivity contribution in [2.45, 2.75) is 6.92 Å². The molecule has 6 heteroatoms. The largest absolute Gasteiger partial charge is 0.484 e. The first-order chi connectivity index (χ1) is 13.6. The number of carbonyl (C=O) groups is 1. The van der Waals surface area contributed by atoms with Gasteiger partial charge in [-0.15, -0.1) is 0 Å². The smallest absolute Gasteiger partial charge is 0.260 e. The minimum absolute atomic E-state index is 0.0124. The van der Waals surface area contributed by atoms with Gasteiger partial charge in [-0.1, -0.05) is 30.3 Å². The minimum atomic E-state index is -0.0709. The summed E-state index contributed by atoms with van der Waals surface area (Å²) in [4.78, 5) is 27.1. The predicted molar refractivity (Wildman–Crippen MR) is 112 cm³/mol. The number of aryl methyl sites for hydroxylation is 1. The highest BCUT2D eigenvalue weighted by Crippen LogP contribution is 2.26. The Labute approximate surface area is 167 Å². The molecule has 144 valence electrons. The van der Waals surface area contributed by atoms with Gasteiger partial charge < -0.3 is 14.1 Å². The van der Waals surface area contributed by atoms with Gasteiger partial charge in [0.25, 0.3) is 5.91 Å². The van der Waals surface area contributed by atoms with Crippen LogP contribution in [0.1, 0.15) is 5.76 Å². The van der Waals surface area contributed by atoms with Crippen LogP contribution in [0.15, 0.2) is 57.7 Å². The molecule has 2 heterocycles. The summed E-state index contributed by atoms with van der Waals surface area (Å²) >= 11 is 1.86. The maximum Gasteiger partial charge on any atom is 0.260 e. The van der Waals surface area contributed by atoms with E-state index >= 15 is 0 Å². The van der Waals surface area contributed by atoms with Crippen molar-refractivity contribution < 1.29 is 13.9 Å². The number of ether oxygens (including phenoxy) is 1. The maximum absolute atomic E-state index is 13.0. The van der Waals surface area contributed by atoms with Crippen LogP contribution in [-0.2, 0) is 4.79 Å². The van der Waals surface area contributed by atoms with E-state index in [1.165, 1.54) is 0 Å². The third kappa shape index (κ3) is 3.78. The number of carbonyl (C=O) groups excluding carboxylic acids is 1. The summed E-state index contributed by atoms with van der Waals surface area (Å²) in [6, 6.07) is 14.6. The number of hydrogen-bond acceptors (Lipinski definition) is 5. The molecule has 2 aromatic carbocycles.